The Morgan fingerprint density at radius 2 is 1.71 bits per heavy atom. The van der Waals surface area contributed by atoms with Crippen LogP contribution in [0.25, 0.3) is 11.4 Å². The molecule has 0 saturated carbocycles. The minimum absolute atomic E-state index is 0.0160. The fraction of sp³-hybridized carbons (Fsp3) is 0.286. The monoisotopic (exact) mass is 377 g/mol. The first-order chi connectivity index (χ1) is 13.4. The van der Waals surface area contributed by atoms with Gasteiger partial charge < -0.3 is 5.32 Å². The lowest BCUT2D eigenvalue weighted by atomic mass is 10.0. The van der Waals surface area contributed by atoms with E-state index in [1.807, 2.05) is 36.4 Å². The Labute approximate surface area is 163 Å². The van der Waals surface area contributed by atoms with Crippen LogP contribution in [0.4, 0.5) is 0 Å². The van der Waals surface area contributed by atoms with Crippen molar-refractivity contribution < 1.29 is 9.59 Å². The van der Waals surface area contributed by atoms with E-state index in [9.17, 15) is 9.59 Å². The van der Waals surface area contributed by atoms with Gasteiger partial charge in [0.2, 0.25) is 11.7 Å². The summed E-state index contributed by atoms with van der Waals surface area (Å²) in [5, 5.41) is 15.1. The fourth-order valence-corrected chi connectivity index (χ4v) is 2.70. The second-order valence-electron chi connectivity index (χ2n) is 6.95. The Kier molecular flexibility index (Phi) is 5.93. The third kappa shape index (κ3) is 4.88. The summed E-state index contributed by atoms with van der Waals surface area (Å²) < 4.78 is 0. The van der Waals surface area contributed by atoms with E-state index in [-0.39, 0.29) is 18.2 Å². The molecule has 7 nitrogen and oxygen atoms in total. The molecule has 1 amide bonds. The lowest BCUT2D eigenvalue weighted by Crippen LogP contribution is -2.19. The van der Waals surface area contributed by atoms with Gasteiger partial charge in [-0.3, -0.25) is 9.59 Å². The Morgan fingerprint density at radius 3 is 2.32 bits per heavy atom. The topological polar surface area (TPSA) is 89.8 Å². The molecule has 144 valence electrons. The van der Waals surface area contributed by atoms with Gasteiger partial charge in [0.1, 0.15) is 6.54 Å². The number of benzene rings is 2. The number of aromatic nitrogens is 4. The predicted octanol–water partition coefficient (Wildman–Crippen LogP) is 2.98. The van der Waals surface area contributed by atoms with Crippen LogP contribution in [0.2, 0.25) is 0 Å². The van der Waals surface area contributed by atoms with Crippen molar-refractivity contribution in [2.45, 2.75) is 39.8 Å². The van der Waals surface area contributed by atoms with Crippen LogP contribution in [0.1, 0.15) is 48.2 Å². The number of nitrogens with one attached hydrogen (secondary N) is 1. The normalized spacial score (nSPS) is 10.9. The summed E-state index contributed by atoms with van der Waals surface area (Å²) in [5.74, 6) is 0.756. The number of carbonyl (C=O) groups excluding carboxylic acids is 2. The van der Waals surface area contributed by atoms with Crippen molar-refractivity contribution in [3.8, 4) is 11.4 Å². The molecular formula is C21H23N5O2. The van der Waals surface area contributed by atoms with Crippen LogP contribution >= 0.6 is 0 Å². The van der Waals surface area contributed by atoms with E-state index in [1.54, 1.807) is 12.1 Å². The molecule has 0 aliphatic heterocycles. The molecule has 3 aromatic rings. The van der Waals surface area contributed by atoms with Crippen LogP contribution in [0.3, 0.4) is 0 Å². The smallest absolute Gasteiger partial charge is 0.217 e. The third-order valence-corrected chi connectivity index (χ3v) is 4.39. The van der Waals surface area contributed by atoms with Crippen molar-refractivity contribution in [1.29, 1.82) is 0 Å². The molecule has 2 aromatic carbocycles. The minimum Gasteiger partial charge on any atom is -0.352 e. The molecule has 7 heteroatoms. The lowest BCUT2D eigenvalue weighted by molar-refractivity contribution is -0.119. The highest BCUT2D eigenvalue weighted by Crippen LogP contribution is 2.19. The van der Waals surface area contributed by atoms with Crippen molar-refractivity contribution in [2.75, 3.05) is 0 Å². The van der Waals surface area contributed by atoms with E-state index in [0.717, 1.165) is 11.1 Å². The molecular weight excluding hydrogens is 354 g/mol. The summed E-state index contributed by atoms with van der Waals surface area (Å²) in [7, 11) is 0. The fourth-order valence-electron chi connectivity index (χ4n) is 2.70. The van der Waals surface area contributed by atoms with Crippen LogP contribution < -0.4 is 5.32 Å². The van der Waals surface area contributed by atoms with Gasteiger partial charge in [0.05, 0.1) is 0 Å². The molecule has 0 fully saturated rings. The molecule has 0 bridgehead atoms. The maximum Gasteiger partial charge on any atom is 0.217 e. The number of amides is 1. The highest BCUT2D eigenvalue weighted by atomic mass is 16.1. The maximum atomic E-state index is 12.5. The van der Waals surface area contributed by atoms with Crippen molar-refractivity contribution in [2.24, 2.45) is 0 Å². The van der Waals surface area contributed by atoms with Gasteiger partial charge in [0.15, 0.2) is 5.78 Å². The largest absolute Gasteiger partial charge is 0.352 e. The van der Waals surface area contributed by atoms with Gasteiger partial charge >= 0.3 is 0 Å². The molecule has 0 radical (unpaired) electrons. The summed E-state index contributed by atoms with van der Waals surface area (Å²) in [6.45, 7) is 6.20. The molecule has 1 N–H and O–H groups in total. The van der Waals surface area contributed by atoms with E-state index < -0.39 is 0 Å². The molecule has 0 aliphatic rings. The first kappa shape index (κ1) is 19.4. The van der Waals surface area contributed by atoms with Crippen molar-refractivity contribution in [3.63, 3.8) is 0 Å². The summed E-state index contributed by atoms with van der Waals surface area (Å²) >= 11 is 0. The standard InChI is InChI=1S/C21H23N5O2/c1-14(2)17-8-10-19(11-9-17)21-23-25-26(24-21)13-20(28)18-6-4-16(5-7-18)12-22-15(3)27/h4-11,14H,12-13H2,1-3H3,(H,22,27). The third-order valence-electron chi connectivity index (χ3n) is 4.39. The number of Topliss-reactive ketones (excluding diaryl/α,β-unsaturated/α-hetero) is 1. The molecule has 3 rings (SSSR count). The molecule has 0 atom stereocenters. The van der Waals surface area contributed by atoms with Crippen molar-refractivity contribution >= 4 is 11.7 Å². The second-order valence-corrected chi connectivity index (χ2v) is 6.95. The van der Waals surface area contributed by atoms with Crippen molar-refractivity contribution in [1.82, 2.24) is 25.5 Å². The highest BCUT2D eigenvalue weighted by molar-refractivity contribution is 5.95. The first-order valence-corrected chi connectivity index (χ1v) is 9.17. The van der Waals surface area contributed by atoms with E-state index in [0.29, 0.717) is 23.9 Å². The summed E-state index contributed by atoms with van der Waals surface area (Å²) in [6, 6.07) is 15.1. The Hall–Kier alpha value is -3.35. The van der Waals surface area contributed by atoms with Gasteiger partial charge in [-0.25, -0.2) is 0 Å². The van der Waals surface area contributed by atoms with Gasteiger partial charge in [-0.15, -0.1) is 10.2 Å². The summed E-state index contributed by atoms with van der Waals surface area (Å²) in [5.41, 5.74) is 3.60. The van der Waals surface area contributed by atoms with Gasteiger partial charge in [-0.05, 0) is 22.3 Å². The van der Waals surface area contributed by atoms with E-state index >= 15 is 0 Å². The Bertz CT molecular complexity index is 959. The molecule has 1 heterocycles. The molecule has 28 heavy (non-hydrogen) atoms. The van der Waals surface area contributed by atoms with Gasteiger partial charge in [0.25, 0.3) is 0 Å². The number of hydrogen-bond donors (Lipinski definition) is 1. The molecule has 0 aliphatic carbocycles. The van der Waals surface area contributed by atoms with Gasteiger partial charge in [-0.1, -0.05) is 62.4 Å². The number of carbonyl (C=O) groups is 2. The molecule has 0 unspecified atom stereocenters. The number of tetrazole rings is 1. The first-order valence-electron chi connectivity index (χ1n) is 9.17. The van der Waals surface area contributed by atoms with Crippen LogP contribution in [-0.2, 0) is 17.9 Å². The summed E-state index contributed by atoms with van der Waals surface area (Å²) in [4.78, 5) is 24.7. The number of hydrogen-bond acceptors (Lipinski definition) is 5. The second kappa shape index (κ2) is 8.56. The maximum absolute atomic E-state index is 12.5. The number of ketones is 1. The van der Waals surface area contributed by atoms with Gasteiger partial charge in [0, 0.05) is 24.6 Å². The summed E-state index contributed by atoms with van der Waals surface area (Å²) in [6.07, 6.45) is 0. The average molecular weight is 377 g/mol. The van der Waals surface area contributed by atoms with Crippen LogP contribution in [0, 0.1) is 0 Å². The zero-order chi connectivity index (χ0) is 20.1. The van der Waals surface area contributed by atoms with Crippen LogP contribution in [0.15, 0.2) is 48.5 Å². The predicted molar refractivity (Wildman–Crippen MR) is 106 cm³/mol. The van der Waals surface area contributed by atoms with E-state index in [4.69, 9.17) is 0 Å². The zero-order valence-corrected chi connectivity index (χ0v) is 16.2. The minimum atomic E-state index is -0.106. The zero-order valence-electron chi connectivity index (χ0n) is 16.2. The van der Waals surface area contributed by atoms with E-state index in [2.05, 4.69) is 34.6 Å². The quantitative estimate of drug-likeness (QED) is 0.639. The van der Waals surface area contributed by atoms with Crippen LogP contribution in [0.5, 0.6) is 0 Å². The van der Waals surface area contributed by atoms with Gasteiger partial charge in [-0.2, -0.15) is 4.80 Å². The molecule has 0 spiro atoms. The molecule has 0 saturated heterocycles. The highest BCUT2D eigenvalue weighted by Gasteiger charge is 2.12. The van der Waals surface area contributed by atoms with E-state index in [1.165, 1.54) is 17.3 Å². The number of nitrogens with zero attached hydrogens (tertiary/aromatic N) is 4. The average Bonchev–Trinajstić information content (AvgIpc) is 3.15. The Balaban J connectivity index is 1.64. The van der Waals surface area contributed by atoms with Crippen LogP contribution in [-0.4, -0.2) is 31.9 Å². The van der Waals surface area contributed by atoms with Crippen molar-refractivity contribution in [3.05, 3.63) is 65.2 Å². The SMILES string of the molecule is CC(=O)NCc1ccc(C(=O)Cn2nnc(-c3ccc(C(C)C)cc3)n2)cc1. The lowest BCUT2D eigenvalue weighted by Gasteiger charge is -2.05. The number of rotatable bonds is 7. The Morgan fingerprint density at radius 1 is 1.04 bits per heavy atom. The molecule has 1 aromatic heterocycles.